The summed E-state index contributed by atoms with van der Waals surface area (Å²) in [5.74, 6) is 1.72. The summed E-state index contributed by atoms with van der Waals surface area (Å²) in [4.78, 5) is 4.73. The van der Waals surface area contributed by atoms with Crippen molar-refractivity contribution in [3.8, 4) is 0 Å². The third-order valence-electron chi connectivity index (χ3n) is 4.23. The smallest absolute Gasteiger partial charge is 0.144 e. The topological polar surface area (TPSA) is 30.4 Å². The molecular formula is C21H18N2O. The Labute approximate surface area is 140 Å². The van der Waals surface area contributed by atoms with E-state index in [1.54, 1.807) is 12.5 Å². The molecule has 0 radical (unpaired) electrons. The largest absolute Gasteiger partial charge is 0.463 e. The Kier molecular flexibility index (Phi) is 3.75. The van der Waals surface area contributed by atoms with E-state index >= 15 is 0 Å². The molecule has 0 atom stereocenters. The zero-order valence-electron chi connectivity index (χ0n) is 13.5. The summed E-state index contributed by atoms with van der Waals surface area (Å²) in [5, 5.41) is 1.24. The maximum absolute atomic E-state index is 5.37. The predicted octanol–water partition coefficient (Wildman–Crippen LogP) is 5.34. The fraction of sp³-hybridized carbons (Fsp3) is 0.0952. The Balaban J connectivity index is 1.84. The molecule has 3 nitrogen and oxygen atoms in total. The van der Waals surface area contributed by atoms with Gasteiger partial charge in [0.25, 0.3) is 0 Å². The van der Waals surface area contributed by atoms with E-state index in [0.29, 0.717) is 0 Å². The van der Waals surface area contributed by atoms with Crippen LogP contribution < -0.4 is 0 Å². The average molecular weight is 314 g/mol. The quantitative estimate of drug-likeness (QED) is 0.468. The first-order valence-corrected chi connectivity index (χ1v) is 8.02. The average Bonchev–Trinajstić information content (AvgIpc) is 3.23. The molecule has 2 heterocycles. The molecule has 0 amide bonds. The van der Waals surface area contributed by atoms with E-state index in [9.17, 15) is 0 Å². The van der Waals surface area contributed by atoms with Gasteiger partial charge in [0.2, 0.25) is 0 Å². The van der Waals surface area contributed by atoms with Gasteiger partial charge in [-0.15, -0.1) is 0 Å². The predicted molar refractivity (Wildman–Crippen MR) is 98.2 cm³/mol. The van der Waals surface area contributed by atoms with Crippen LogP contribution in [0.5, 0.6) is 0 Å². The number of hydrogen-bond donors (Lipinski definition) is 0. The third-order valence-corrected chi connectivity index (χ3v) is 4.23. The molecule has 4 rings (SSSR count). The van der Waals surface area contributed by atoms with Crippen molar-refractivity contribution in [3.05, 3.63) is 89.9 Å². The van der Waals surface area contributed by atoms with Gasteiger partial charge in [0.15, 0.2) is 0 Å². The number of benzene rings is 2. The zero-order valence-corrected chi connectivity index (χ0v) is 13.5. The van der Waals surface area contributed by atoms with Crippen LogP contribution in [-0.2, 0) is 6.54 Å². The molecule has 0 aliphatic rings. The normalized spacial score (nSPS) is 11.5. The zero-order chi connectivity index (χ0) is 16.4. The van der Waals surface area contributed by atoms with Gasteiger partial charge in [-0.3, -0.25) is 0 Å². The lowest BCUT2D eigenvalue weighted by Crippen LogP contribution is -1.99. The number of aryl methyl sites for hydroxylation is 1. The van der Waals surface area contributed by atoms with Gasteiger partial charge in [0.1, 0.15) is 11.6 Å². The summed E-state index contributed by atoms with van der Waals surface area (Å²) >= 11 is 0. The second-order valence-corrected chi connectivity index (χ2v) is 5.81. The standard InChI is InChI=1S/C21H18N2O/c1-16-19-11-5-6-12-20(19)23(15-17-8-3-2-4-9-17)21(16)22-14-18-10-7-13-24-18/h2-14H,15H2,1H3. The highest BCUT2D eigenvalue weighted by molar-refractivity contribution is 5.90. The van der Waals surface area contributed by atoms with Crippen LogP contribution in [0.25, 0.3) is 10.9 Å². The van der Waals surface area contributed by atoms with Crippen LogP contribution in [-0.4, -0.2) is 10.8 Å². The number of nitrogens with zero attached hydrogens (tertiary/aromatic N) is 2. The van der Waals surface area contributed by atoms with Gasteiger partial charge in [-0.1, -0.05) is 48.5 Å². The van der Waals surface area contributed by atoms with Gasteiger partial charge < -0.3 is 8.98 Å². The molecule has 0 aliphatic carbocycles. The molecule has 4 aromatic rings. The summed E-state index contributed by atoms with van der Waals surface area (Å²) in [7, 11) is 0. The second kappa shape index (κ2) is 6.20. The van der Waals surface area contributed by atoms with Crippen LogP contribution >= 0.6 is 0 Å². The van der Waals surface area contributed by atoms with E-state index in [0.717, 1.165) is 18.1 Å². The molecule has 0 fully saturated rings. The molecule has 2 aromatic heterocycles. The molecule has 0 unspecified atom stereocenters. The fourth-order valence-electron chi connectivity index (χ4n) is 3.05. The minimum absolute atomic E-state index is 0.755. The minimum Gasteiger partial charge on any atom is -0.463 e. The van der Waals surface area contributed by atoms with Gasteiger partial charge in [-0.25, -0.2) is 4.99 Å². The van der Waals surface area contributed by atoms with Gasteiger partial charge >= 0.3 is 0 Å². The Bertz CT molecular complexity index is 980. The van der Waals surface area contributed by atoms with Crippen LogP contribution in [0.4, 0.5) is 5.82 Å². The lowest BCUT2D eigenvalue weighted by Gasteiger charge is -2.08. The van der Waals surface area contributed by atoms with Crippen LogP contribution in [0.1, 0.15) is 16.9 Å². The van der Waals surface area contributed by atoms with Crippen molar-refractivity contribution < 1.29 is 4.42 Å². The molecule has 0 saturated carbocycles. The highest BCUT2D eigenvalue weighted by atomic mass is 16.3. The second-order valence-electron chi connectivity index (χ2n) is 5.81. The highest BCUT2D eigenvalue weighted by Gasteiger charge is 2.13. The Morgan fingerprint density at radius 1 is 0.958 bits per heavy atom. The first-order chi connectivity index (χ1) is 11.8. The molecule has 2 aromatic carbocycles. The van der Waals surface area contributed by atoms with E-state index in [-0.39, 0.29) is 0 Å². The van der Waals surface area contributed by atoms with Crippen molar-refractivity contribution >= 4 is 22.9 Å². The Morgan fingerprint density at radius 2 is 1.75 bits per heavy atom. The highest BCUT2D eigenvalue weighted by Crippen LogP contribution is 2.32. The summed E-state index contributed by atoms with van der Waals surface area (Å²) in [6.45, 7) is 2.92. The van der Waals surface area contributed by atoms with Crippen molar-refractivity contribution in [2.45, 2.75) is 13.5 Å². The number of furan rings is 1. The van der Waals surface area contributed by atoms with E-state index in [1.165, 1.54) is 22.0 Å². The molecule has 118 valence electrons. The number of para-hydroxylation sites is 1. The lowest BCUT2D eigenvalue weighted by molar-refractivity contribution is 0.560. The van der Waals surface area contributed by atoms with Crippen LogP contribution in [0, 0.1) is 6.92 Å². The molecule has 24 heavy (non-hydrogen) atoms. The van der Waals surface area contributed by atoms with Crippen molar-refractivity contribution in [1.29, 1.82) is 0 Å². The van der Waals surface area contributed by atoms with E-state index in [1.807, 2.05) is 18.2 Å². The van der Waals surface area contributed by atoms with Gasteiger partial charge in [-0.05, 0) is 30.7 Å². The fourth-order valence-corrected chi connectivity index (χ4v) is 3.05. The maximum Gasteiger partial charge on any atom is 0.144 e. The summed E-state index contributed by atoms with van der Waals surface area (Å²) in [5.41, 5.74) is 3.64. The number of hydrogen-bond acceptors (Lipinski definition) is 2. The minimum atomic E-state index is 0.755. The van der Waals surface area contributed by atoms with E-state index in [4.69, 9.17) is 9.41 Å². The molecule has 0 bridgehead atoms. The molecule has 0 saturated heterocycles. The summed E-state index contributed by atoms with van der Waals surface area (Å²) < 4.78 is 7.63. The van der Waals surface area contributed by atoms with Crippen molar-refractivity contribution in [2.75, 3.05) is 0 Å². The summed E-state index contributed by atoms with van der Waals surface area (Å²) in [6, 6.07) is 22.7. The van der Waals surface area contributed by atoms with Crippen LogP contribution in [0.2, 0.25) is 0 Å². The van der Waals surface area contributed by atoms with Gasteiger partial charge in [0.05, 0.1) is 18.0 Å². The first kappa shape index (κ1) is 14.5. The Hall–Kier alpha value is -3.07. The monoisotopic (exact) mass is 314 g/mol. The van der Waals surface area contributed by atoms with Crippen LogP contribution in [0.15, 0.2) is 82.4 Å². The molecule has 3 heteroatoms. The SMILES string of the molecule is Cc1c(N=Cc2ccco2)n(Cc2ccccc2)c2ccccc12. The van der Waals surface area contributed by atoms with Crippen molar-refractivity contribution in [3.63, 3.8) is 0 Å². The lowest BCUT2D eigenvalue weighted by atomic mass is 10.2. The first-order valence-electron chi connectivity index (χ1n) is 8.02. The molecule has 0 aliphatic heterocycles. The number of rotatable bonds is 4. The number of aromatic nitrogens is 1. The number of fused-ring (bicyclic) bond motifs is 1. The van der Waals surface area contributed by atoms with Crippen molar-refractivity contribution in [2.24, 2.45) is 4.99 Å². The maximum atomic E-state index is 5.37. The third kappa shape index (κ3) is 2.65. The van der Waals surface area contributed by atoms with Gasteiger partial charge in [-0.2, -0.15) is 0 Å². The molecular weight excluding hydrogens is 296 g/mol. The molecule has 0 N–H and O–H groups in total. The molecule has 0 spiro atoms. The van der Waals surface area contributed by atoms with E-state index in [2.05, 4.69) is 60.0 Å². The number of aliphatic imine (C=N–C) groups is 1. The van der Waals surface area contributed by atoms with Crippen molar-refractivity contribution in [1.82, 2.24) is 4.57 Å². The summed E-state index contributed by atoms with van der Waals surface area (Å²) in [6.07, 6.45) is 3.44. The van der Waals surface area contributed by atoms with Crippen LogP contribution in [0.3, 0.4) is 0 Å². The Morgan fingerprint density at radius 3 is 2.54 bits per heavy atom. The van der Waals surface area contributed by atoms with E-state index < -0.39 is 0 Å². The van der Waals surface area contributed by atoms with Gasteiger partial charge in [0, 0.05) is 17.5 Å².